The summed E-state index contributed by atoms with van der Waals surface area (Å²) in [4.78, 5) is 22.1. The first-order valence-electron chi connectivity index (χ1n) is 11.1. The van der Waals surface area contributed by atoms with Crippen molar-refractivity contribution in [2.45, 2.75) is 26.7 Å². The number of hydrogen-bond donors (Lipinski definition) is 1. The second kappa shape index (κ2) is 8.19. The minimum atomic E-state index is 0.00417. The summed E-state index contributed by atoms with van der Waals surface area (Å²) in [5.41, 5.74) is 6.11. The van der Waals surface area contributed by atoms with Crippen LogP contribution in [0.2, 0.25) is 0 Å². The molecule has 0 radical (unpaired) electrons. The molecule has 3 aliphatic heterocycles. The largest absolute Gasteiger partial charge is 0.369 e. The maximum Gasteiger partial charge on any atom is 0.255 e. The van der Waals surface area contributed by atoms with Crippen LogP contribution in [0.3, 0.4) is 0 Å². The zero-order chi connectivity index (χ0) is 21.4. The van der Waals surface area contributed by atoms with Gasteiger partial charge in [0, 0.05) is 50.0 Å². The predicted molar refractivity (Wildman–Crippen MR) is 123 cm³/mol. The average Bonchev–Trinajstić information content (AvgIpc) is 2.95. The van der Waals surface area contributed by atoms with Gasteiger partial charge in [0.25, 0.3) is 5.91 Å². The molecule has 0 aliphatic carbocycles. The van der Waals surface area contributed by atoms with Crippen molar-refractivity contribution < 1.29 is 4.79 Å². The number of fused-ring (bicyclic) bond motifs is 2. The van der Waals surface area contributed by atoms with E-state index in [0.717, 1.165) is 72.9 Å². The van der Waals surface area contributed by atoms with Crippen molar-refractivity contribution in [2.75, 3.05) is 26.2 Å². The van der Waals surface area contributed by atoms with Gasteiger partial charge in [-0.3, -0.25) is 9.69 Å². The van der Waals surface area contributed by atoms with Gasteiger partial charge in [0.05, 0.1) is 11.4 Å². The van der Waals surface area contributed by atoms with Gasteiger partial charge in [-0.2, -0.15) is 0 Å². The van der Waals surface area contributed by atoms with Gasteiger partial charge in [-0.05, 0) is 67.6 Å². The van der Waals surface area contributed by atoms with E-state index in [1.807, 2.05) is 35.9 Å². The number of carbonyl (C=O) groups is 1. The number of aromatic nitrogens is 2. The molecule has 2 aromatic heterocycles. The molecule has 3 aliphatic rings. The van der Waals surface area contributed by atoms with E-state index in [0.29, 0.717) is 0 Å². The SMILES string of the molecule is Cc1cn2cc(C3=CC(=O)N4C=C(N5CCCNCC5)C=CC4=CCC3C)ccc2n1. The third-order valence-electron chi connectivity index (χ3n) is 6.30. The minimum Gasteiger partial charge on any atom is -0.369 e. The maximum absolute atomic E-state index is 13.4. The molecule has 6 heteroatoms. The maximum atomic E-state index is 13.4. The molecule has 1 saturated heterocycles. The molecule has 0 bridgehead atoms. The fourth-order valence-electron chi connectivity index (χ4n) is 4.58. The Labute approximate surface area is 183 Å². The molecule has 0 spiro atoms. The van der Waals surface area contributed by atoms with Gasteiger partial charge in [0.15, 0.2) is 0 Å². The van der Waals surface area contributed by atoms with Gasteiger partial charge < -0.3 is 14.6 Å². The minimum absolute atomic E-state index is 0.00417. The van der Waals surface area contributed by atoms with Crippen molar-refractivity contribution >= 4 is 17.1 Å². The molecule has 0 aromatic carbocycles. The van der Waals surface area contributed by atoms with Crippen molar-refractivity contribution in [3.8, 4) is 0 Å². The number of rotatable bonds is 2. The van der Waals surface area contributed by atoms with Crippen LogP contribution in [0, 0.1) is 12.8 Å². The predicted octanol–water partition coefficient (Wildman–Crippen LogP) is 3.48. The average molecular weight is 416 g/mol. The van der Waals surface area contributed by atoms with Gasteiger partial charge in [-0.15, -0.1) is 0 Å². The lowest BCUT2D eigenvalue weighted by atomic mass is 9.90. The summed E-state index contributed by atoms with van der Waals surface area (Å²) in [6, 6.07) is 4.10. The van der Waals surface area contributed by atoms with Crippen LogP contribution >= 0.6 is 0 Å². The van der Waals surface area contributed by atoms with Crippen LogP contribution in [0.25, 0.3) is 11.2 Å². The lowest BCUT2D eigenvalue weighted by Gasteiger charge is -2.31. The van der Waals surface area contributed by atoms with Crippen LogP contribution in [0.15, 0.2) is 66.4 Å². The summed E-state index contributed by atoms with van der Waals surface area (Å²) in [5.74, 6) is 0.251. The molecule has 31 heavy (non-hydrogen) atoms. The molecule has 1 atom stereocenters. The fourth-order valence-corrected chi connectivity index (χ4v) is 4.58. The first-order valence-corrected chi connectivity index (χ1v) is 11.1. The highest BCUT2D eigenvalue weighted by atomic mass is 16.2. The van der Waals surface area contributed by atoms with Crippen LogP contribution < -0.4 is 5.32 Å². The Morgan fingerprint density at radius 2 is 1.97 bits per heavy atom. The Morgan fingerprint density at radius 1 is 1.10 bits per heavy atom. The summed E-state index contributed by atoms with van der Waals surface area (Å²) in [5, 5.41) is 3.44. The number of nitrogens with one attached hydrogen (secondary N) is 1. The van der Waals surface area contributed by atoms with Crippen LogP contribution in [-0.4, -0.2) is 51.3 Å². The van der Waals surface area contributed by atoms with E-state index in [1.54, 1.807) is 4.90 Å². The van der Waals surface area contributed by atoms with Gasteiger partial charge >= 0.3 is 0 Å². The molecule has 1 amide bonds. The lowest BCUT2D eigenvalue weighted by molar-refractivity contribution is -0.122. The topological polar surface area (TPSA) is 52.9 Å². The lowest BCUT2D eigenvalue weighted by Crippen LogP contribution is -2.32. The van der Waals surface area contributed by atoms with Crippen molar-refractivity contribution in [2.24, 2.45) is 5.92 Å². The van der Waals surface area contributed by atoms with Crippen LogP contribution in [-0.2, 0) is 4.79 Å². The van der Waals surface area contributed by atoms with Crippen LogP contribution in [0.1, 0.15) is 31.0 Å². The monoisotopic (exact) mass is 415 g/mol. The van der Waals surface area contributed by atoms with Gasteiger partial charge in [0.1, 0.15) is 5.65 Å². The summed E-state index contributed by atoms with van der Waals surface area (Å²) >= 11 is 0. The standard InChI is InChI=1S/C25H29N5O/c1-18-4-6-21-7-8-22(28-12-3-10-26-11-13-28)17-30(21)25(31)14-23(18)20-5-9-24-27-19(2)15-29(24)16-20/h5-9,14-18,26H,3-4,10-13H2,1-2H3. The third kappa shape index (κ3) is 3.95. The van der Waals surface area contributed by atoms with Crippen molar-refractivity contribution in [3.05, 3.63) is 77.7 Å². The van der Waals surface area contributed by atoms with E-state index in [1.165, 1.54) is 0 Å². The second-order valence-corrected chi connectivity index (χ2v) is 8.62. The van der Waals surface area contributed by atoms with E-state index >= 15 is 0 Å². The van der Waals surface area contributed by atoms with E-state index in [-0.39, 0.29) is 11.8 Å². The van der Waals surface area contributed by atoms with Crippen molar-refractivity contribution in [1.29, 1.82) is 0 Å². The number of aryl methyl sites for hydroxylation is 1. The van der Waals surface area contributed by atoms with Crippen LogP contribution in [0.4, 0.5) is 0 Å². The number of hydrogen-bond acceptors (Lipinski definition) is 4. The molecule has 6 nitrogen and oxygen atoms in total. The number of pyridine rings is 1. The molecule has 2 aromatic rings. The Morgan fingerprint density at radius 3 is 2.87 bits per heavy atom. The Hall–Kier alpha value is -3.12. The molecule has 5 rings (SSSR count). The molecule has 160 valence electrons. The zero-order valence-electron chi connectivity index (χ0n) is 18.2. The molecule has 0 saturated carbocycles. The summed E-state index contributed by atoms with van der Waals surface area (Å²) in [7, 11) is 0. The quantitative estimate of drug-likeness (QED) is 0.816. The van der Waals surface area contributed by atoms with Gasteiger partial charge in [-0.25, -0.2) is 4.98 Å². The Kier molecular flexibility index (Phi) is 5.24. The second-order valence-electron chi connectivity index (χ2n) is 8.62. The van der Waals surface area contributed by atoms with Crippen molar-refractivity contribution in [1.82, 2.24) is 24.5 Å². The molecule has 1 fully saturated rings. The summed E-state index contributed by atoms with van der Waals surface area (Å²) in [6.45, 7) is 8.17. The van der Waals surface area contributed by atoms with E-state index < -0.39 is 0 Å². The smallest absolute Gasteiger partial charge is 0.255 e. The first-order chi connectivity index (χ1) is 15.1. The fraction of sp³-hybridized carbons (Fsp3) is 0.360. The number of nitrogens with zero attached hydrogens (tertiary/aromatic N) is 4. The van der Waals surface area contributed by atoms with E-state index in [4.69, 9.17) is 0 Å². The highest BCUT2D eigenvalue weighted by Gasteiger charge is 2.24. The third-order valence-corrected chi connectivity index (χ3v) is 6.30. The summed E-state index contributed by atoms with van der Waals surface area (Å²) in [6.07, 6.45) is 16.3. The zero-order valence-corrected chi connectivity index (χ0v) is 18.2. The van der Waals surface area contributed by atoms with Crippen LogP contribution in [0.5, 0.6) is 0 Å². The highest BCUT2D eigenvalue weighted by molar-refractivity contribution is 5.98. The summed E-state index contributed by atoms with van der Waals surface area (Å²) < 4.78 is 2.04. The normalized spacial score (nSPS) is 22.3. The number of imidazole rings is 1. The van der Waals surface area contributed by atoms with E-state index in [2.05, 4.69) is 52.6 Å². The molecular formula is C25H29N5O. The Balaban J connectivity index is 1.48. The molecular weight excluding hydrogens is 386 g/mol. The number of carbonyl (C=O) groups excluding carboxylic acids is 1. The molecule has 1 unspecified atom stereocenters. The van der Waals surface area contributed by atoms with Crippen molar-refractivity contribution in [3.63, 3.8) is 0 Å². The molecule has 5 heterocycles. The molecule has 1 N–H and O–H groups in total. The Bertz CT molecular complexity index is 1130. The van der Waals surface area contributed by atoms with Gasteiger partial charge in [-0.1, -0.05) is 13.0 Å². The highest BCUT2D eigenvalue weighted by Crippen LogP contribution is 2.31. The van der Waals surface area contributed by atoms with Gasteiger partial charge in [0.2, 0.25) is 0 Å². The van der Waals surface area contributed by atoms with E-state index in [9.17, 15) is 4.79 Å². The first kappa shape index (κ1) is 19.8. The number of allylic oxidation sites excluding steroid dienone is 4. The number of amides is 1.